The zero-order valence-corrected chi connectivity index (χ0v) is 14.4. The molecular formula is C21H21NO3. The molecule has 0 radical (unpaired) electrons. The minimum Gasteiger partial charge on any atom is -0.493 e. The van der Waals surface area contributed by atoms with Crippen LogP contribution in [-0.4, -0.2) is 19.1 Å². The van der Waals surface area contributed by atoms with E-state index in [0.29, 0.717) is 18.0 Å². The van der Waals surface area contributed by atoms with E-state index in [1.54, 1.807) is 26.2 Å². The molecule has 0 aromatic heterocycles. The lowest BCUT2D eigenvalue weighted by molar-refractivity contribution is -0.127. The summed E-state index contributed by atoms with van der Waals surface area (Å²) in [4.78, 5) is 12.3. The number of benzene rings is 3. The van der Waals surface area contributed by atoms with Gasteiger partial charge in [0.1, 0.15) is 0 Å². The van der Waals surface area contributed by atoms with Gasteiger partial charge in [0.2, 0.25) is 0 Å². The van der Waals surface area contributed by atoms with Gasteiger partial charge in [-0.15, -0.1) is 0 Å². The Kier molecular flexibility index (Phi) is 5.19. The molecule has 0 spiro atoms. The summed E-state index contributed by atoms with van der Waals surface area (Å²) in [6.45, 7) is 2.19. The number of rotatable bonds is 6. The smallest absolute Gasteiger partial charge is 0.261 e. The fourth-order valence-corrected chi connectivity index (χ4v) is 2.64. The van der Waals surface area contributed by atoms with E-state index in [2.05, 4.69) is 29.6 Å². The van der Waals surface area contributed by atoms with Gasteiger partial charge in [-0.3, -0.25) is 4.79 Å². The van der Waals surface area contributed by atoms with Crippen molar-refractivity contribution in [1.82, 2.24) is 5.32 Å². The lowest BCUT2D eigenvalue weighted by atomic mass is 10.1. The minimum atomic E-state index is -0.614. The molecule has 0 aliphatic carbocycles. The SMILES string of the molecule is COc1ccccc1O[C@@H](C)C(=O)NCc1ccc2ccccc2c1. The zero-order chi connectivity index (χ0) is 17.6. The summed E-state index contributed by atoms with van der Waals surface area (Å²) in [5.74, 6) is 0.995. The number of carbonyl (C=O) groups is 1. The van der Waals surface area contributed by atoms with E-state index in [-0.39, 0.29) is 5.91 Å². The van der Waals surface area contributed by atoms with Gasteiger partial charge in [-0.25, -0.2) is 0 Å². The third kappa shape index (κ3) is 4.10. The van der Waals surface area contributed by atoms with Gasteiger partial charge in [-0.1, -0.05) is 48.5 Å². The van der Waals surface area contributed by atoms with Crippen LogP contribution in [0.25, 0.3) is 10.8 Å². The predicted molar refractivity (Wildman–Crippen MR) is 98.9 cm³/mol. The lowest BCUT2D eigenvalue weighted by Crippen LogP contribution is -2.35. The molecule has 0 fully saturated rings. The Morgan fingerprint density at radius 1 is 0.960 bits per heavy atom. The molecule has 0 bridgehead atoms. The highest BCUT2D eigenvalue weighted by Gasteiger charge is 2.16. The average molecular weight is 335 g/mol. The highest BCUT2D eigenvalue weighted by molar-refractivity contribution is 5.83. The Morgan fingerprint density at radius 3 is 2.40 bits per heavy atom. The monoisotopic (exact) mass is 335 g/mol. The van der Waals surface area contributed by atoms with Crippen LogP contribution >= 0.6 is 0 Å². The number of amides is 1. The van der Waals surface area contributed by atoms with E-state index in [9.17, 15) is 4.79 Å². The molecule has 3 aromatic rings. The van der Waals surface area contributed by atoms with Crippen LogP contribution in [0.1, 0.15) is 12.5 Å². The second-order valence-corrected chi connectivity index (χ2v) is 5.81. The molecule has 0 aliphatic rings. The normalized spacial score (nSPS) is 11.8. The molecule has 0 saturated carbocycles. The second kappa shape index (κ2) is 7.71. The van der Waals surface area contributed by atoms with Crippen molar-refractivity contribution in [3.05, 3.63) is 72.3 Å². The molecule has 4 nitrogen and oxygen atoms in total. The van der Waals surface area contributed by atoms with Crippen molar-refractivity contribution < 1.29 is 14.3 Å². The third-order valence-corrected chi connectivity index (χ3v) is 4.02. The maximum Gasteiger partial charge on any atom is 0.261 e. The van der Waals surface area contributed by atoms with Gasteiger partial charge < -0.3 is 14.8 Å². The maximum atomic E-state index is 12.3. The van der Waals surface area contributed by atoms with Crippen LogP contribution in [0.2, 0.25) is 0 Å². The van der Waals surface area contributed by atoms with Crippen molar-refractivity contribution in [1.29, 1.82) is 0 Å². The quantitative estimate of drug-likeness (QED) is 0.742. The van der Waals surface area contributed by atoms with Gasteiger partial charge >= 0.3 is 0 Å². The number of hydrogen-bond acceptors (Lipinski definition) is 3. The molecule has 0 unspecified atom stereocenters. The molecule has 0 saturated heterocycles. The van der Waals surface area contributed by atoms with E-state index in [4.69, 9.17) is 9.47 Å². The first-order valence-corrected chi connectivity index (χ1v) is 8.22. The van der Waals surface area contributed by atoms with Gasteiger partial charge in [0, 0.05) is 6.54 Å². The van der Waals surface area contributed by atoms with E-state index < -0.39 is 6.10 Å². The molecule has 1 atom stereocenters. The third-order valence-electron chi connectivity index (χ3n) is 4.02. The number of nitrogens with one attached hydrogen (secondary N) is 1. The van der Waals surface area contributed by atoms with Crippen LogP contribution in [0, 0.1) is 0 Å². The summed E-state index contributed by atoms with van der Waals surface area (Å²) >= 11 is 0. The summed E-state index contributed by atoms with van der Waals surface area (Å²) in [5, 5.41) is 5.26. The second-order valence-electron chi connectivity index (χ2n) is 5.81. The van der Waals surface area contributed by atoms with Crippen LogP contribution in [0.15, 0.2) is 66.7 Å². The molecule has 0 heterocycles. The predicted octanol–water partition coefficient (Wildman–Crippen LogP) is 3.93. The fourth-order valence-electron chi connectivity index (χ4n) is 2.64. The lowest BCUT2D eigenvalue weighted by Gasteiger charge is -2.16. The van der Waals surface area contributed by atoms with Crippen LogP contribution in [0.4, 0.5) is 0 Å². The van der Waals surface area contributed by atoms with Crippen LogP contribution in [0.3, 0.4) is 0 Å². The van der Waals surface area contributed by atoms with Crippen molar-refractivity contribution in [3.8, 4) is 11.5 Å². The Balaban J connectivity index is 1.61. The van der Waals surface area contributed by atoms with Gasteiger partial charge in [-0.2, -0.15) is 0 Å². The number of fused-ring (bicyclic) bond motifs is 1. The first kappa shape index (κ1) is 16.8. The van der Waals surface area contributed by atoms with Crippen molar-refractivity contribution >= 4 is 16.7 Å². The highest BCUT2D eigenvalue weighted by atomic mass is 16.5. The molecule has 4 heteroatoms. The standard InChI is InChI=1S/C21H21NO3/c1-15(25-20-10-6-5-9-19(20)24-2)21(23)22-14-16-11-12-17-7-3-4-8-18(17)13-16/h3-13,15H,14H2,1-2H3,(H,22,23)/t15-/m0/s1. The summed E-state index contributed by atoms with van der Waals surface area (Å²) in [7, 11) is 1.58. The molecule has 1 N–H and O–H groups in total. The van der Waals surface area contributed by atoms with Crippen molar-refractivity contribution in [3.63, 3.8) is 0 Å². The van der Waals surface area contributed by atoms with E-state index in [1.807, 2.05) is 30.3 Å². The molecular weight excluding hydrogens is 314 g/mol. The molecule has 3 aromatic carbocycles. The van der Waals surface area contributed by atoms with Crippen molar-refractivity contribution in [2.24, 2.45) is 0 Å². The van der Waals surface area contributed by atoms with Crippen LogP contribution in [-0.2, 0) is 11.3 Å². The van der Waals surface area contributed by atoms with Crippen LogP contribution < -0.4 is 14.8 Å². The van der Waals surface area contributed by atoms with Gasteiger partial charge in [0.15, 0.2) is 17.6 Å². The van der Waals surface area contributed by atoms with E-state index in [0.717, 1.165) is 10.9 Å². The Labute approximate surface area is 147 Å². The number of methoxy groups -OCH3 is 1. The van der Waals surface area contributed by atoms with Crippen molar-refractivity contribution in [2.75, 3.05) is 7.11 Å². The highest BCUT2D eigenvalue weighted by Crippen LogP contribution is 2.26. The van der Waals surface area contributed by atoms with Crippen molar-refractivity contribution in [2.45, 2.75) is 19.6 Å². The number of para-hydroxylation sites is 2. The Bertz CT molecular complexity index is 876. The largest absolute Gasteiger partial charge is 0.493 e. The first-order valence-electron chi connectivity index (χ1n) is 8.22. The average Bonchev–Trinajstić information content (AvgIpc) is 2.66. The number of ether oxygens (including phenoxy) is 2. The molecule has 3 rings (SSSR count). The summed E-state index contributed by atoms with van der Waals surface area (Å²) in [6, 6.07) is 21.6. The van der Waals surface area contributed by atoms with Gasteiger partial charge in [0.25, 0.3) is 5.91 Å². The van der Waals surface area contributed by atoms with Gasteiger partial charge in [-0.05, 0) is 41.5 Å². The first-order chi connectivity index (χ1) is 12.2. The Hall–Kier alpha value is -3.01. The molecule has 128 valence electrons. The maximum absolute atomic E-state index is 12.3. The summed E-state index contributed by atoms with van der Waals surface area (Å²) < 4.78 is 11.0. The molecule has 0 aliphatic heterocycles. The molecule has 25 heavy (non-hydrogen) atoms. The van der Waals surface area contributed by atoms with Crippen LogP contribution in [0.5, 0.6) is 11.5 Å². The number of hydrogen-bond donors (Lipinski definition) is 1. The van der Waals surface area contributed by atoms with Gasteiger partial charge in [0.05, 0.1) is 7.11 Å². The number of carbonyl (C=O) groups excluding carboxylic acids is 1. The topological polar surface area (TPSA) is 47.6 Å². The van der Waals surface area contributed by atoms with E-state index >= 15 is 0 Å². The summed E-state index contributed by atoms with van der Waals surface area (Å²) in [5.41, 5.74) is 1.05. The fraction of sp³-hybridized carbons (Fsp3) is 0.190. The van der Waals surface area contributed by atoms with E-state index in [1.165, 1.54) is 5.39 Å². The summed E-state index contributed by atoms with van der Waals surface area (Å²) in [6.07, 6.45) is -0.614. The Morgan fingerprint density at radius 2 is 1.64 bits per heavy atom. The minimum absolute atomic E-state index is 0.168. The zero-order valence-electron chi connectivity index (χ0n) is 14.4. The molecule has 1 amide bonds.